The molecule has 0 radical (unpaired) electrons. The van der Waals surface area contributed by atoms with Gasteiger partial charge in [-0.2, -0.15) is 0 Å². The van der Waals surface area contributed by atoms with Gasteiger partial charge in [0.15, 0.2) is 0 Å². The maximum atomic E-state index is 13.1. The molecule has 0 aromatic carbocycles. The Hall–Kier alpha value is -2.89. The topological polar surface area (TPSA) is 62.5 Å². The van der Waals surface area contributed by atoms with Crippen molar-refractivity contribution in [3.8, 4) is 0 Å². The number of likely N-dealkylation sites (tertiary alicyclic amines) is 1. The van der Waals surface area contributed by atoms with Gasteiger partial charge in [-0.3, -0.25) is 4.79 Å². The molecule has 1 N–H and O–H groups in total. The Morgan fingerprint density at radius 3 is 3.08 bits per heavy atom. The Morgan fingerprint density at radius 1 is 1.35 bits per heavy atom. The quantitative estimate of drug-likeness (QED) is 0.786. The zero-order chi connectivity index (χ0) is 18.1. The van der Waals surface area contributed by atoms with Crippen molar-refractivity contribution < 1.29 is 4.79 Å². The van der Waals surface area contributed by atoms with E-state index in [1.165, 1.54) is 0 Å². The molecule has 1 aliphatic rings. The van der Waals surface area contributed by atoms with Gasteiger partial charge in [0.05, 0.1) is 23.9 Å². The largest absolute Gasteiger partial charge is 0.373 e. The smallest absolute Gasteiger partial charge is 0.229 e. The van der Waals surface area contributed by atoms with Crippen molar-refractivity contribution >= 4 is 17.4 Å². The Kier molecular flexibility index (Phi) is 4.32. The van der Waals surface area contributed by atoms with Gasteiger partial charge in [0, 0.05) is 26.0 Å². The second kappa shape index (κ2) is 6.78. The lowest BCUT2D eigenvalue weighted by molar-refractivity contribution is -0.131. The molecular weight excluding hydrogens is 326 g/mol. The van der Waals surface area contributed by atoms with E-state index in [1.807, 2.05) is 59.8 Å². The van der Waals surface area contributed by atoms with Gasteiger partial charge in [0.25, 0.3) is 0 Å². The van der Waals surface area contributed by atoms with Crippen LogP contribution >= 0.6 is 0 Å². The van der Waals surface area contributed by atoms with Crippen LogP contribution in [0.2, 0.25) is 0 Å². The van der Waals surface area contributed by atoms with Crippen molar-refractivity contribution in [1.82, 2.24) is 19.3 Å². The summed E-state index contributed by atoms with van der Waals surface area (Å²) in [7, 11) is 1.86. The number of nitrogens with zero attached hydrogens (tertiary/aromatic N) is 4. The number of aryl methyl sites for hydroxylation is 1. The van der Waals surface area contributed by atoms with Gasteiger partial charge in [0.1, 0.15) is 11.5 Å². The summed E-state index contributed by atoms with van der Waals surface area (Å²) in [5, 5.41) is 3.07. The summed E-state index contributed by atoms with van der Waals surface area (Å²) in [6, 6.07) is 10.1. The molecule has 0 saturated carbocycles. The number of pyridine rings is 2. The standard InChI is InChI=1S/C20H23N5O/c1-14-17(24-10-4-3-7-19(24)23-14)13-20(26)25-11-5-6-16(25)15-8-9-22-18(12-15)21-2/h3-4,7-10,12,16H,5-6,11,13H2,1-2H3,(H,21,22)/t16-/m1/s1. The number of nitrogens with one attached hydrogen (secondary N) is 1. The van der Waals surface area contributed by atoms with Crippen LogP contribution < -0.4 is 5.32 Å². The first kappa shape index (κ1) is 16.6. The third-order valence-corrected chi connectivity index (χ3v) is 5.15. The Balaban J connectivity index is 1.59. The highest BCUT2D eigenvalue weighted by Gasteiger charge is 2.30. The maximum absolute atomic E-state index is 13.1. The number of imidazole rings is 1. The number of fused-ring (bicyclic) bond motifs is 1. The van der Waals surface area contributed by atoms with Crippen LogP contribution in [0.15, 0.2) is 42.7 Å². The molecule has 0 spiro atoms. The predicted molar refractivity (Wildman–Crippen MR) is 101 cm³/mol. The van der Waals surface area contributed by atoms with E-state index in [-0.39, 0.29) is 11.9 Å². The molecular formula is C20H23N5O. The normalized spacial score (nSPS) is 17.0. The summed E-state index contributed by atoms with van der Waals surface area (Å²) in [6.45, 7) is 2.77. The SMILES string of the molecule is CNc1cc([C@H]2CCCN2C(=O)Cc2c(C)nc3ccccn23)ccn1. The van der Waals surface area contributed by atoms with E-state index >= 15 is 0 Å². The fourth-order valence-electron chi connectivity index (χ4n) is 3.82. The van der Waals surface area contributed by atoms with Gasteiger partial charge < -0.3 is 14.6 Å². The average Bonchev–Trinajstić information content (AvgIpc) is 3.27. The third-order valence-electron chi connectivity index (χ3n) is 5.15. The zero-order valence-corrected chi connectivity index (χ0v) is 15.1. The van der Waals surface area contributed by atoms with Gasteiger partial charge in [-0.05, 0) is 49.6 Å². The van der Waals surface area contributed by atoms with Crippen LogP contribution in [0.4, 0.5) is 5.82 Å². The number of aromatic nitrogens is 3. The lowest BCUT2D eigenvalue weighted by atomic mass is 10.1. The minimum Gasteiger partial charge on any atom is -0.373 e. The Morgan fingerprint density at radius 2 is 2.23 bits per heavy atom. The zero-order valence-electron chi connectivity index (χ0n) is 15.1. The highest BCUT2D eigenvalue weighted by molar-refractivity contribution is 5.79. The van der Waals surface area contributed by atoms with Crippen LogP contribution in [-0.4, -0.2) is 38.8 Å². The number of rotatable bonds is 4. The van der Waals surface area contributed by atoms with E-state index in [4.69, 9.17) is 0 Å². The molecule has 26 heavy (non-hydrogen) atoms. The van der Waals surface area contributed by atoms with Gasteiger partial charge in [-0.15, -0.1) is 0 Å². The van der Waals surface area contributed by atoms with Crippen molar-refractivity contribution in [1.29, 1.82) is 0 Å². The number of hydrogen-bond donors (Lipinski definition) is 1. The first-order valence-electron chi connectivity index (χ1n) is 9.03. The summed E-state index contributed by atoms with van der Waals surface area (Å²) in [5.74, 6) is 0.989. The van der Waals surface area contributed by atoms with Crippen LogP contribution in [-0.2, 0) is 11.2 Å². The van der Waals surface area contributed by atoms with Crippen molar-refractivity contribution in [2.45, 2.75) is 32.2 Å². The van der Waals surface area contributed by atoms with Crippen molar-refractivity contribution in [2.24, 2.45) is 0 Å². The van der Waals surface area contributed by atoms with E-state index < -0.39 is 0 Å². The maximum Gasteiger partial charge on any atom is 0.229 e. The fourth-order valence-corrected chi connectivity index (χ4v) is 3.82. The van der Waals surface area contributed by atoms with Crippen LogP contribution in [0.5, 0.6) is 0 Å². The molecule has 1 aliphatic heterocycles. The summed E-state index contributed by atoms with van der Waals surface area (Å²) < 4.78 is 2.02. The average molecular weight is 349 g/mol. The van der Waals surface area contributed by atoms with Crippen molar-refractivity contribution in [3.63, 3.8) is 0 Å². The molecule has 134 valence electrons. The summed E-state index contributed by atoms with van der Waals surface area (Å²) in [5.41, 5.74) is 3.92. The molecule has 1 atom stereocenters. The monoisotopic (exact) mass is 349 g/mol. The van der Waals surface area contributed by atoms with Crippen LogP contribution in [0.25, 0.3) is 5.65 Å². The van der Waals surface area contributed by atoms with E-state index in [9.17, 15) is 4.79 Å². The third kappa shape index (κ3) is 2.92. The fraction of sp³-hybridized carbons (Fsp3) is 0.350. The molecule has 1 fully saturated rings. The molecule has 6 nitrogen and oxygen atoms in total. The number of carbonyl (C=O) groups is 1. The molecule has 0 aliphatic carbocycles. The second-order valence-electron chi connectivity index (χ2n) is 6.72. The predicted octanol–water partition coefficient (Wildman–Crippen LogP) is 2.99. The van der Waals surface area contributed by atoms with Gasteiger partial charge in [-0.25, -0.2) is 9.97 Å². The van der Waals surface area contributed by atoms with Crippen LogP contribution in [0.3, 0.4) is 0 Å². The van der Waals surface area contributed by atoms with Gasteiger partial charge in [0.2, 0.25) is 5.91 Å². The molecule has 4 heterocycles. The number of hydrogen-bond acceptors (Lipinski definition) is 4. The van der Waals surface area contributed by atoms with Gasteiger partial charge >= 0.3 is 0 Å². The van der Waals surface area contributed by atoms with E-state index in [2.05, 4.69) is 15.3 Å². The summed E-state index contributed by atoms with van der Waals surface area (Å²) >= 11 is 0. The first-order chi connectivity index (χ1) is 12.7. The highest BCUT2D eigenvalue weighted by atomic mass is 16.2. The Labute approximate surface area is 152 Å². The minimum atomic E-state index is 0.122. The lowest BCUT2D eigenvalue weighted by Gasteiger charge is -2.25. The molecule has 3 aromatic rings. The lowest BCUT2D eigenvalue weighted by Crippen LogP contribution is -2.32. The second-order valence-corrected chi connectivity index (χ2v) is 6.72. The molecule has 1 amide bonds. The molecule has 6 heteroatoms. The van der Waals surface area contributed by atoms with Crippen LogP contribution in [0.1, 0.15) is 35.8 Å². The molecule has 3 aromatic heterocycles. The first-order valence-corrected chi connectivity index (χ1v) is 9.03. The van der Waals surface area contributed by atoms with Crippen LogP contribution in [0, 0.1) is 6.92 Å². The van der Waals surface area contributed by atoms with Crippen molar-refractivity contribution in [3.05, 3.63) is 59.7 Å². The molecule has 0 unspecified atom stereocenters. The molecule has 0 bridgehead atoms. The van der Waals surface area contributed by atoms with E-state index in [1.54, 1.807) is 6.20 Å². The number of carbonyl (C=O) groups excluding carboxylic acids is 1. The van der Waals surface area contributed by atoms with E-state index in [0.29, 0.717) is 6.42 Å². The highest BCUT2D eigenvalue weighted by Crippen LogP contribution is 2.33. The number of amides is 1. The summed E-state index contributed by atoms with van der Waals surface area (Å²) in [4.78, 5) is 24.0. The van der Waals surface area contributed by atoms with Crippen molar-refractivity contribution in [2.75, 3.05) is 18.9 Å². The summed E-state index contributed by atoms with van der Waals surface area (Å²) in [6.07, 6.45) is 6.17. The van der Waals surface area contributed by atoms with Gasteiger partial charge in [-0.1, -0.05) is 6.07 Å². The number of anilines is 1. The molecule has 1 saturated heterocycles. The van der Waals surface area contributed by atoms with E-state index in [0.717, 1.165) is 47.8 Å². The minimum absolute atomic E-state index is 0.122. The molecule has 4 rings (SSSR count). The Bertz CT molecular complexity index is 948.